The molecule has 0 saturated carbocycles. The fourth-order valence-electron chi connectivity index (χ4n) is 1.20. The Kier molecular flexibility index (Phi) is 2.47. The third kappa shape index (κ3) is 1.95. The molecule has 2 aromatic rings. The maximum atomic E-state index is 11.7. The average molecular weight is 219 g/mol. The molecular weight excluding hydrogens is 210 g/mol. The van der Waals surface area contributed by atoms with Gasteiger partial charge in [-0.3, -0.25) is 4.79 Å². The van der Waals surface area contributed by atoms with Crippen LogP contribution in [0.3, 0.4) is 0 Å². The smallest absolute Gasteiger partial charge is 0.259 e. The lowest BCUT2D eigenvalue weighted by Crippen LogP contribution is -2.14. The summed E-state index contributed by atoms with van der Waals surface area (Å²) in [4.78, 5) is 11.7. The van der Waals surface area contributed by atoms with E-state index >= 15 is 0 Å². The number of benzene rings is 1. The van der Waals surface area contributed by atoms with Crippen molar-refractivity contribution in [2.75, 3.05) is 11.1 Å². The minimum atomic E-state index is -0.456. The van der Waals surface area contributed by atoms with Gasteiger partial charge in [0.1, 0.15) is 12.0 Å². The Morgan fingerprint density at radius 3 is 2.94 bits per heavy atom. The lowest BCUT2D eigenvalue weighted by atomic mass is 10.1. The van der Waals surface area contributed by atoms with Gasteiger partial charge in [-0.25, -0.2) is 0 Å². The summed E-state index contributed by atoms with van der Waals surface area (Å²) in [7, 11) is 0. The summed E-state index contributed by atoms with van der Waals surface area (Å²) in [6, 6.07) is 5.64. The van der Waals surface area contributed by atoms with Crippen molar-refractivity contribution in [2.45, 2.75) is 0 Å². The number of rotatable bonds is 2. The largest absolute Gasteiger partial charge is 0.508 e. The van der Waals surface area contributed by atoms with E-state index in [1.54, 1.807) is 0 Å². The zero-order valence-electron chi connectivity index (χ0n) is 8.18. The third-order valence-electron chi connectivity index (χ3n) is 1.96. The monoisotopic (exact) mass is 219 g/mol. The van der Waals surface area contributed by atoms with Crippen LogP contribution >= 0.6 is 0 Å². The van der Waals surface area contributed by atoms with E-state index in [1.165, 1.54) is 30.5 Å². The Hall–Kier alpha value is -2.50. The molecule has 0 saturated heterocycles. The first-order valence-electron chi connectivity index (χ1n) is 4.47. The summed E-state index contributed by atoms with van der Waals surface area (Å²) < 4.78 is 4.56. The number of hydrogen-bond acceptors (Lipinski definition) is 5. The molecule has 4 N–H and O–H groups in total. The number of nitrogens with one attached hydrogen (secondary N) is 1. The second-order valence-electron chi connectivity index (χ2n) is 3.11. The number of nitrogens with zero attached hydrogens (tertiary/aromatic N) is 1. The zero-order chi connectivity index (χ0) is 11.5. The number of carbonyl (C=O) groups excluding carboxylic acids is 1. The number of nitrogens with two attached hydrogens (primary N) is 1. The van der Waals surface area contributed by atoms with E-state index in [0.29, 0.717) is 0 Å². The minimum absolute atomic E-state index is 0.0282. The van der Waals surface area contributed by atoms with E-state index in [-0.39, 0.29) is 22.8 Å². The van der Waals surface area contributed by atoms with Crippen LogP contribution in [0.5, 0.6) is 5.75 Å². The Balaban J connectivity index is 2.24. The predicted octanol–water partition coefficient (Wildman–Crippen LogP) is 1.21. The summed E-state index contributed by atoms with van der Waals surface area (Å²) in [6.45, 7) is 0. The van der Waals surface area contributed by atoms with Crippen LogP contribution in [-0.4, -0.2) is 16.2 Å². The number of hydrogen-bond donors (Lipinski definition) is 3. The Labute approximate surface area is 90.7 Å². The number of phenolic OH excluding ortho intramolecular Hbond substituents is 1. The molecule has 0 aliphatic heterocycles. The van der Waals surface area contributed by atoms with Gasteiger partial charge in [-0.05, 0) is 18.2 Å². The molecule has 1 aromatic carbocycles. The molecule has 0 aliphatic rings. The van der Waals surface area contributed by atoms with Crippen molar-refractivity contribution in [3.8, 4) is 5.75 Å². The predicted molar refractivity (Wildman–Crippen MR) is 57.0 cm³/mol. The van der Waals surface area contributed by atoms with Crippen LogP contribution in [0.25, 0.3) is 0 Å². The highest BCUT2D eigenvalue weighted by molar-refractivity contribution is 6.07. The van der Waals surface area contributed by atoms with Crippen molar-refractivity contribution in [3.63, 3.8) is 0 Å². The SMILES string of the molecule is Nc1ccc(O)cc1C(=O)Nc1ccon1. The maximum absolute atomic E-state index is 11.7. The first-order valence-corrected chi connectivity index (χ1v) is 4.47. The molecule has 1 heterocycles. The molecule has 16 heavy (non-hydrogen) atoms. The van der Waals surface area contributed by atoms with Crippen LogP contribution in [0.4, 0.5) is 11.5 Å². The summed E-state index contributed by atoms with van der Waals surface area (Å²) in [6.07, 6.45) is 1.33. The lowest BCUT2D eigenvalue weighted by molar-refractivity contribution is 0.102. The molecule has 0 unspecified atom stereocenters. The van der Waals surface area contributed by atoms with E-state index in [9.17, 15) is 9.90 Å². The Bertz CT molecular complexity index is 508. The highest BCUT2D eigenvalue weighted by atomic mass is 16.5. The van der Waals surface area contributed by atoms with Gasteiger partial charge >= 0.3 is 0 Å². The molecule has 0 bridgehead atoms. The molecular formula is C10H9N3O3. The minimum Gasteiger partial charge on any atom is -0.508 e. The van der Waals surface area contributed by atoms with Crippen LogP contribution < -0.4 is 11.1 Å². The van der Waals surface area contributed by atoms with Crippen molar-refractivity contribution >= 4 is 17.4 Å². The summed E-state index contributed by atoms with van der Waals surface area (Å²) >= 11 is 0. The molecule has 0 radical (unpaired) electrons. The van der Waals surface area contributed by atoms with Crippen LogP contribution in [-0.2, 0) is 0 Å². The van der Waals surface area contributed by atoms with Gasteiger partial charge in [0, 0.05) is 11.8 Å². The molecule has 1 amide bonds. The number of aromatic hydroxyl groups is 1. The fourth-order valence-corrected chi connectivity index (χ4v) is 1.20. The van der Waals surface area contributed by atoms with Gasteiger partial charge in [-0.1, -0.05) is 5.16 Å². The molecule has 1 aromatic heterocycles. The maximum Gasteiger partial charge on any atom is 0.259 e. The van der Waals surface area contributed by atoms with Crippen LogP contribution in [0, 0.1) is 0 Å². The number of carbonyl (C=O) groups is 1. The molecule has 2 rings (SSSR count). The van der Waals surface area contributed by atoms with Crippen molar-refractivity contribution in [1.29, 1.82) is 0 Å². The Morgan fingerprint density at radius 2 is 2.25 bits per heavy atom. The van der Waals surface area contributed by atoms with Gasteiger partial charge < -0.3 is 20.7 Å². The number of aromatic nitrogens is 1. The highest BCUT2D eigenvalue weighted by Gasteiger charge is 2.11. The number of nitrogen functional groups attached to an aromatic ring is 1. The number of amides is 1. The summed E-state index contributed by atoms with van der Waals surface area (Å²) in [5.41, 5.74) is 6.06. The quantitative estimate of drug-likeness (QED) is 0.520. The zero-order valence-corrected chi connectivity index (χ0v) is 8.18. The van der Waals surface area contributed by atoms with Crippen LogP contribution in [0.15, 0.2) is 35.1 Å². The lowest BCUT2D eigenvalue weighted by Gasteiger charge is -2.05. The normalized spacial score (nSPS) is 10.0. The topological polar surface area (TPSA) is 101 Å². The second kappa shape index (κ2) is 3.93. The van der Waals surface area contributed by atoms with E-state index < -0.39 is 5.91 Å². The molecule has 0 aliphatic carbocycles. The summed E-state index contributed by atoms with van der Waals surface area (Å²) in [5, 5.41) is 15.2. The standard InChI is InChI=1S/C10H9N3O3/c11-8-2-1-6(14)5-7(8)10(15)12-9-3-4-16-13-9/h1-5,14H,11H2,(H,12,13,15). The van der Waals surface area contributed by atoms with E-state index in [2.05, 4.69) is 15.0 Å². The molecule has 6 heteroatoms. The van der Waals surface area contributed by atoms with E-state index in [0.717, 1.165) is 0 Å². The van der Waals surface area contributed by atoms with Gasteiger partial charge in [0.2, 0.25) is 0 Å². The Morgan fingerprint density at radius 1 is 1.44 bits per heavy atom. The molecule has 0 fully saturated rings. The van der Waals surface area contributed by atoms with E-state index in [1.807, 2.05) is 0 Å². The fraction of sp³-hybridized carbons (Fsp3) is 0. The summed E-state index contributed by atoms with van der Waals surface area (Å²) in [5.74, 6) is -0.199. The van der Waals surface area contributed by atoms with Crippen LogP contribution in [0.1, 0.15) is 10.4 Å². The van der Waals surface area contributed by atoms with Gasteiger partial charge in [-0.2, -0.15) is 0 Å². The molecule has 6 nitrogen and oxygen atoms in total. The van der Waals surface area contributed by atoms with Gasteiger partial charge in [0.05, 0.1) is 5.56 Å². The molecule has 82 valence electrons. The molecule has 0 atom stereocenters. The first kappa shape index (κ1) is 10.0. The van der Waals surface area contributed by atoms with Crippen LogP contribution in [0.2, 0.25) is 0 Å². The number of anilines is 2. The van der Waals surface area contributed by atoms with Gasteiger partial charge in [-0.15, -0.1) is 0 Å². The first-order chi connectivity index (χ1) is 7.66. The van der Waals surface area contributed by atoms with Crippen molar-refractivity contribution in [1.82, 2.24) is 5.16 Å². The third-order valence-corrected chi connectivity index (χ3v) is 1.96. The molecule has 0 spiro atoms. The number of phenols is 1. The average Bonchev–Trinajstić information content (AvgIpc) is 2.74. The van der Waals surface area contributed by atoms with E-state index in [4.69, 9.17) is 5.73 Å². The highest BCUT2D eigenvalue weighted by Crippen LogP contribution is 2.19. The van der Waals surface area contributed by atoms with Crippen molar-refractivity contribution in [3.05, 3.63) is 36.1 Å². The van der Waals surface area contributed by atoms with Gasteiger partial charge in [0.15, 0.2) is 5.82 Å². The van der Waals surface area contributed by atoms with Crippen molar-refractivity contribution in [2.24, 2.45) is 0 Å². The van der Waals surface area contributed by atoms with Crippen molar-refractivity contribution < 1.29 is 14.4 Å². The van der Waals surface area contributed by atoms with Gasteiger partial charge in [0.25, 0.3) is 5.91 Å². The second-order valence-corrected chi connectivity index (χ2v) is 3.11.